The number of nitrogens with two attached hydrogens (primary N) is 1. The number of anilines is 1. The van der Waals surface area contributed by atoms with Gasteiger partial charge in [-0.15, -0.1) is 0 Å². The van der Waals surface area contributed by atoms with E-state index >= 15 is 0 Å². The van der Waals surface area contributed by atoms with Crippen LogP contribution in [0.3, 0.4) is 0 Å². The molecule has 20 heavy (non-hydrogen) atoms. The van der Waals surface area contributed by atoms with Gasteiger partial charge in [0.05, 0.1) is 6.20 Å². The van der Waals surface area contributed by atoms with Crippen LogP contribution in [-0.2, 0) is 13.1 Å². The van der Waals surface area contributed by atoms with Crippen LogP contribution < -0.4 is 10.6 Å². The van der Waals surface area contributed by atoms with E-state index in [1.165, 1.54) is 16.8 Å². The molecular weight excluding hydrogens is 248 g/mol. The Morgan fingerprint density at radius 3 is 2.95 bits per heavy atom. The van der Waals surface area contributed by atoms with Gasteiger partial charge in [-0.3, -0.25) is 4.68 Å². The summed E-state index contributed by atoms with van der Waals surface area (Å²) in [5, 5.41) is 4.36. The van der Waals surface area contributed by atoms with Crippen LogP contribution in [0.5, 0.6) is 0 Å². The van der Waals surface area contributed by atoms with Gasteiger partial charge >= 0.3 is 0 Å². The zero-order chi connectivity index (χ0) is 13.9. The standard InChI is InChI=1S/C16H22N4/c1-2-20-11-13(9-18-20)10-19-12-14(7-8-17)15-5-3-4-6-16(15)19/h3-6,9,11,14H,2,7-8,10,12,17H2,1H3. The quantitative estimate of drug-likeness (QED) is 0.907. The Balaban J connectivity index is 1.80. The minimum atomic E-state index is 0.567. The van der Waals surface area contributed by atoms with E-state index in [1.807, 2.05) is 10.9 Å². The molecule has 0 amide bonds. The van der Waals surface area contributed by atoms with Crippen molar-refractivity contribution >= 4 is 5.69 Å². The van der Waals surface area contributed by atoms with E-state index in [0.29, 0.717) is 5.92 Å². The lowest BCUT2D eigenvalue weighted by Crippen LogP contribution is -2.21. The molecule has 1 aromatic heterocycles. The zero-order valence-electron chi connectivity index (χ0n) is 12.0. The average Bonchev–Trinajstić information content (AvgIpc) is 3.06. The molecule has 1 aromatic carbocycles. The van der Waals surface area contributed by atoms with Crippen molar-refractivity contribution in [3.63, 3.8) is 0 Å². The first-order valence-corrected chi connectivity index (χ1v) is 7.37. The van der Waals surface area contributed by atoms with Gasteiger partial charge in [-0.05, 0) is 31.5 Å². The van der Waals surface area contributed by atoms with Gasteiger partial charge in [-0.25, -0.2) is 0 Å². The molecule has 1 aliphatic heterocycles. The number of hydrogen-bond donors (Lipinski definition) is 1. The monoisotopic (exact) mass is 270 g/mol. The SMILES string of the molecule is CCn1cc(CN2CC(CCN)c3ccccc32)cn1. The van der Waals surface area contributed by atoms with E-state index < -0.39 is 0 Å². The lowest BCUT2D eigenvalue weighted by atomic mass is 9.98. The number of aromatic nitrogens is 2. The van der Waals surface area contributed by atoms with Crippen molar-refractivity contribution < 1.29 is 0 Å². The number of rotatable bonds is 5. The van der Waals surface area contributed by atoms with Crippen molar-refractivity contribution in [3.05, 3.63) is 47.8 Å². The van der Waals surface area contributed by atoms with Gasteiger partial charge in [0.2, 0.25) is 0 Å². The topological polar surface area (TPSA) is 47.1 Å². The number of fused-ring (bicyclic) bond motifs is 1. The number of aryl methyl sites for hydroxylation is 1. The van der Waals surface area contributed by atoms with E-state index in [1.54, 1.807) is 0 Å². The molecule has 1 unspecified atom stereocenters. The number of hydrogen-bond acceptors (Lipinski definition) is 3. The molecule has 2 N–H and O–H groups in total. The van der Waals surface area contributed by atoms with Crippen LogP contribution >= 0.6 is 0 Å². The van der Waals surface area contributed by atoms with Gasteiger partial charge in [-0.1, -0.05) is 18.2 Å². The molecule has 1 atom stereocenters. The van der Waals surface area contributed by atoms with Crippen molar-refractivity contribution in [1.29, 1.82) is 0 Å². The highest BCUT2D eigenvalue weighted by Crippen LogP contribution is 2.38. The third-order valence-corrected chi connectivity index (χ3v) is 4.06. The molecular formula is C16H22N4. The fourth-order valence-electron chi connectivity index (χ4n) is 3.06. The van der Waals surface area contributed by atoms with Crippen LogP contribution in [0.2, 0.25) is 0 Å². The summed E-state index contributed by atoms with van der Waals surface area (Å²) in [5.41, 5.74) is 9.83. The predicted octanol–water partition coefficient (Wildman–Crippen LogP) is 2.36. The molecule has 0 radical (unpaired) electrons. The smallest absolute Gasteiger partial charge is 0.0539 e. The first kappa shape index (κ1) is 13.2. The van der Waals surface area contributed by atoms with Crippen molar-refractivity contribution in [1.82, 2.24) is 9.78 Å². The number of benzene rings is 1. The molecule has 3 rings (SSSR count). The molecule has 0 bridgehead atoms. The first-order valence-electron chi connectivity index (χ1n) is 7.37. The van der Waals surface area contributed by atoms with Crippen LogP contribution in [0.25, 0.3) is 0 Å². The van der Waals surface area contributed by atoms with Crippen LogP contribution in [0.4, 0.5) is 5.69 Å². The van der Waals surface area contributed by atoms with Crippen LogP contribution in [0.15, 0.2) is 36.7 Å². The Labute approximate surface area is 120 Å². The summed E-state index contributed by atoms with van der Waals surface area (Å²) in [5.74, 6) is 0.567. The van der Waals surface area contributed by atoms with Gasteiger partial charge in [0.1, 0.15) is 0 Å². The Hall–Kier alpha value is -1.81. The van der Waals surface area contributed by atoms with Crippen LogP contribution in [-0.4, -0.2) is 22.9 Å². The fourth-order valence-corrected chi connectivity index (χ4v) is 3.06. The summed E-state index contributed by atoms with van der Waals surface area (Å²) in [6.07, 6.45) is 5.17. The number of nitrogens with zero attached hydrogens (tertiary/aromatic N) is 3. The Bertz CT molecular complexity index is 575. The molecule has 0 saturated carbocycles. The maximum Gasteiger partial charge on any atom is 0.0539 e. The second-order valence-corrected chi connectivity index (χ2v) is 5.42. The third-order valence-electron chi connectivity index (χ3n) is 4.06. The van der Waals surface area contributed by atoms with E-state index in [0.717, 1.165) is 32.6 Å². The van der Waals surface area contributed by atoms with Gasteiger partial charge in [0.15, 0.2) is 0 Å². The maximum absolute atomic E-state index is 5.75. The molecule has 4 heteroatoms. The lowest BCUT2D eigenvalue weighted by molar-refractivity contribution is 0.642. The molecule has 0 saturated heterocycles. The van der Waals surface area contributed by atoms with E-state index in [4.69, 9.17) is 5.73 Å². The highest BCUT2D eigenvalue weighted by Gasteiger charge is 2.27. The van der Waals surface area contributed by atoms with Crippen molar-refractivity contribution in [3.8, 4) is 0 Å². The Morgan fingerprint density at radius 1 is 1.35 bits per heavy atom. The minimum absolute atomic E-state index is 0.567. The second-order valence-electron chi connectivity index (χ2n) is 5.42. The zero-order valence-corrected chi connectivity index (χ0v) is 12.0. The van der Waals surface area contributed by atoms with Crippen LogP contribution in [0, 0.1) is 0 Å². The summed E-state index contributed by atoms with van der Waals surface area (Å²) < 4.78 is 1.98. The highest BCUT2D eigenvalue weighted by atomic mass is 15.3. The van der Waals surface area contributed by atoms with Crippen molar-refractivity contribution in [2.75, 3.05) is 18.0 Å². The molecule has 106 valence electrons. The third kappa shape index (κ3) is 2.43. The predicted molar refractivity (Wildman–Crippen MR) is 81.8 cm³/mol. The summed E-state index contributed by atoms with van der Waals surface area (Å²) in [7, 11) is 0. The summed E-state index contributed by atoms with van der Waals surface area (Å²) >= 11 is 0. The highest BCUT2D eigenvalue weighted by molar-refractivity contribution is 5.60. The molecule has 0 spiro atoms. The molecule has 0 fully saturated rings. The maximum atomic E-state index is 5.75. The average molecular weight is 270 g/mol. The summed E-state index contributed by atoms with van der Waals surface area (Å²) in [6.45, 7) is 5.78. The largest absolute Gasteiger partial charge is 0.366 e. The second kappa shape index (κ2) is 5.67. The van der Waals surface area contributed by atoms with E-state index in [-0.39, 0.29) is 0 Å². The van der Waals surface area contributed by atoms with E-state index in [9.17, 15) is 0 Å². The minimum Gasteiger partial charge on any atom is -0.366 e. The number of para-hydroxylation sites is 1. The molecule has 4 nitrogen and oxygen atoms in total. The van der Waals surface area contributed by atoms with Crippen molar-refractivity contribution in [2.24, 2.45) is 5.73 Å². The van der Waals surface area contributed by atoms with E-state index in [2.05, 4.69) is 47.4 Å². The molecule has 2 aromatic rings. The summed E-state index contributed by atoms with van der Waals surface area (Å²) in [4.78, 5) is 2.45. The molecule has 1 aliphatic rings. The fraction of sp³-hybridized carbons (Fsp3) is 0.438. The normalized spacial score (nSPS) is 17.5. The van der Waals surface area contributed by atoms with Gasteiger partial charge in [-0.2, -0.15) is 5.10 Å². The summed E-state index contributed by atoms with van der Waals surface area (Å²) in [6, 6.07) is 8.70. The van der Waals surface area contributed by atoms with Crippen molar-refractivity contribution in [2.45, 2.75) is 32.4 Å². The van der Waals surface area contributed by atoms with Gasteiger partial charge in [0.25, 0.3) is 0 Å². The molecule has 2 heterocycles. The molecule has 0 aliphatic carbocycles. The Morgan fingerprint density at radius 2 is 2.20 bits per heavy atom. The lowest BCUT2D eigenvalue weighted by Gasteiger charge is -2.19. The Kier molecular flexibility index (Phi) is 3.74. The van der Waals surface area contributed by atoms with Crippen LogP contribution in [0.1, 0.15) is 30.4 Å². The first-order chi connectivity index (χ1) is 9.81. The van der Waals surface area contributed by atoms with Gasteiger partial charge < -0.3 is 10.6 Å². The van der Waals surface area contributed by atoms with Gasteiger partial charge in [0, 0.05) is 43.0 Å².